The molecule has 1 unspecified atom stereocenters. The molecule has 0 N–H and O–H groups in total. The Labute approximate surface area is 94.3 Å². The van der Waals surface area contributed by atoms with Crippen molar-refractivity contribution in [3.05, 3.63) is 29.6 Å². The van der Waals surface area contributed by atoms with Crippen molar-refractivity contribution in [2.45, 2.75) is 25.2 Å². The number of hydrogen-bond acceptors (Lipinski definition) is 2. The van der Waals surface area contributed by atoms with E-state index in [4.69, 9.17) is 5.26 Å². The Hall–Kier alpha value is -1.01. The second-order valence-electron chi connectivity index (χ2n) is 3.55. The molecule has 3 heteroatoms. The molecule has 15 heavy (non-hydrogen) atoms. The fourth-order valence-electron chi connectivity index (χ4n) is 1.08. The van der Waals surface area contributed by atoms with Gasteiger partial charge in [-0.1, -0.05) is 26.3 Å². The van der Waals surface area contributed by atoms with Crippen molar-refractivity contribution in [3.63, 3.8) is 0 Å². The summed E-state index contributed by atoms with van der Waals surface area (Å²) >= 11 is 1.56. The molecule has 1 aromatic rings. The molecule has 0 bridgehead atoms. The molecule has 0 aliphatic rings. The Bertz CT molecular complexity index is 370. The standard InChI is InChI=1S/C12H14FNS/c1-3-9(2)8-15-12-6-4-5-11(13)10(12)7-14/h4-6,9H,3,8H2,1-2H3. The highest BCUT2D eigenvalue weighted by Crippen LogP contribution is 2.26. The summed E-state index contributed by atoms with van der Waals surface area (Å²) in [6, 6.07) is 6.68. The van der Waals surface area contributed by atoms with Gasteiger partial charge in [-0.25, -0.2) is 4.39 Å². The molecule has 0 radical (unpaired) electrons. The highest BCUT2D eigenvalue weighted by atomic mass is 32.2. The zero-order valence-electron chi connectivity index (χ0n) is 8.96. The maximum Gasteiger partial charge on any atom is 0.142 e. The first-order valence-electron chi connectivity index (χ1n) is 5.00. The Morgan fingerprint density at radius 1 is 1.53 bits per heavy atom. The van der Waals surface area contributed by atoms with Crippen LogP contribution in [0.15, 0.2) is 23.1 Å². The third-order valence-corrected chi connectivity index (χ3v) is 3.69. The number of nitrogens with zero attached hydrogens (tertiary/aromatic N) is 1. The largest absolute Gasteiger partial charge is 0.206 e. The number of hydrogen-bond donors (Lipinski definition) is 0. The molecule has 1 aromatic carbocycles. The van der Waals surface area contributed by atoms with Gasteiger partial charge < -0.3 is 0 Å². The van der Waals surface area contributed by atoms with E-state index in [-0.39, 0.29) is 5.56 Å². The van der Waals surface area contributed by atoms with Crippen LogP contribution in [0.2, 0.25) is 0 Å². The van der Waals surface area contributed by atoms with Crippen LogP contribution in [0.3, 0.4) is 0 Å². The van der Waals surface area contributed by atoms with Crippen molar-refractivity contribution in [3.8, 4) is 6.07 Å². The van der Waals surface area contributed by atoms with Gasteiger partial charge in [-0.15, -0.1) is 11.8 Å². The van der Waals surface area contributed by atoms with Gasteiger partial charge in [-0.05, 0) is 18.1 Å². The van der Waals surface area contributed by atoms with E-state index in [1.165, 1.54) is 6.07 Å². The molecule has 0 aliphatic carbocycles. The third-order valence-electron chi connectivity index (χ3n) is 2.31. The normalized spacial score (nSPS) is 12.1. The van der Waals surface area contributed by atoms with Gasteiger partial charge in [-0.3, -0.25) is 0 Å². The van der Waals surface area contributed by atoms with E-state index < -0.39 is 5.82 Å². The summed E-state index contributed by atoms with van der Waals surface area (Å²) in [6.45, 7) is 4.28. The SMILES string of the molecule is CCC(C)CSc1cccc(F)c1C#N. The summed E-state index contributed by atoms with van der Waals surface area (Å²) in [6.07, 6.45) is 1.10. The highest BCUT2D eigenvalue weighted by Gasteiger charge is 2.09. The molecule has 0 spiro atoms. The Kier molecular flexibility index (Phi) is 4.64. The van der Waals surface area contributed by atoms with Crippen molar-refractivity contribution in [1.82, 2.24) is 0 Å². The van der Waals surface area contributed by atoms with E-state index in [0.717, 1.165) is 17.1 Å². The van der Waals surface area contributed by atoms with Gasteiger partial charge in [0.25, 0.3) is 0 Å². The molecular weight excluding hydrogens is 209 g/mol. The van der Waals surface area contributed by atoms with Crippen molar-refractivity contribution in [1.29, 1.82) is 5.26 Å². The first kappa shape index (κ1) is 12.1. The van der Waals surface area contributed by atoms with Crippen LogP contribution in [0, 0.1) is 23.1 Å². The quantitative estimate of drug-likeness (QED) is 0.724. The first-order chi connectivity index (χ1) is 7.19. The van der Waals surface area contributed by atoms with Crippen LogP contribution >= 0.6 is 11.8 Å². The van der Waals surface area contributed by atoms with E-state index in [1.54, 1.807) is 23.9 Å². The molecule has 0 saturated carbocycles. The lowest BCUT2D eigenvalue weighted by atomic mass is 10.2. The van der Waals surface area contributed by atoms with E-state index in [0.29, 0.717) is 5.92 Å². The van der Waals surface area contributed by atoms with Gasteiger partial charge in [0.15, 0.2) is 0 Å². The number of thioether (sulfide) groups is 1. The van der Waals surface area contributed by atoms with Crippen LogP contribution in [0.5, 0.6) is 0 Å². The van der Waals surface area contributed by atoms with Crippen LogP contribution in [0.1, 0.15) is 25.8 Å². The maximum atomic E-state index is 13.2. The number of rotatable bonds is 4. The number of halogens is 1. The smallest absolute Gasteiger partial charge is 0.142 e. The zero-order chi connectivity index (χ0) is 11.3. The molecule has 0 aromatic heterocycles. The van der Waals surface area contributed by atoms with Crippen molar-refractivity contribution < 1.29 is 4.39 Å². The summed E-state index contributed by atoms with van der Waals surface area (Å²) in [4.78, 5) is 0.748. The van der Waals surface area contributed by atoms with Crippen LogP contribution in [0.25, 0.3) is 0 Å². The Morgan fingerprint density at radius 2 is 2.27 bits per heavy atom. The lowest BCUT2D eigenvalue weighted by molar-refractivity contribution is 0.619. The Balaban J connectivity index is 2.77. The molecule has 0 aliphatic heterocycles. The topological polar surface area (TPSA) is 23.8 Å². The summed E-state index contributed by atoms with van der Waals surface area (Å²) in [7, 11) is 0. The van der Waals surface area contributed by atoms with Crippen LogP contribution in [-0.2, 0) is 0 Å². The fraction of sp³-hybridized carbons (Fsp3) is 0.417. The maximum absolute atomic E-state index is 13.2. The van der Waals surface area contributed by atoms with E-state index in [2.05, 4.69) is 13.8 Å². The van der Waals surface area contributed by atoms with Gasteiger partial charge >= 0.3 is 0 Å². The van der Waals surface area contributed by atoms with E-state index in [1.807, 2.05) is 6.07 Å². The molecule has 0 saturated heterocycles. The van der Waals surface area contributed by atoms with E-state index >= 15 is 0 Å². The third kappa shape index (κ3) is 3.24. The lowest BCUT2D eigenvalue weighted by Crippen LogP contribution is -1.96. The van der Waals surface area contributed by atoms with Crippen LogP contribution < -0.4 is 0 Å². The first-order valence-corrected chi connectivity index (χ1v) is 5.99. The molecule has 0 fully saturated rings. The van der Waals surface area contributed by atoms with Gasteiger partial charge in [-0.2, -0.15) is 5.26 Å². The molecule has 0 amide bonds. The molecule has 0 heterocycles. The molecule has 1 nitrogen and oxygen atoms in total. The summed E-state index contributed by atoms with van der Waals surface area (Å²) in [5.74, 6) is 1.09. The fourth-order valence-corrected chi connectivity index (χ4v) is 2.25. The number of benzene rings is 1. The Morgan fingerprint density at radius 3 is 2.87 bits per heavy atom. The second-order valence-corrected chi connectivity index (χ2v) is 4.61. The molecule has 1 atom stereocenters. The van der Waals surface area contributed by atoms with E-state index in [9.17, 15) is 4.39 Å². The van der Waals surface area contributed by atoms with Gasteiger partial charge in [0.2, 0.25) is 0 Å². The highest BCUT2D eigenvalue weighted by molar-refractivity contribution is 7.99. The number of nitriles is 1. The summed E-state index contributed by atoms with van der Waals surface area (Å²) in [5.41, 5.74) is 0.172. The minimum atomic E-state index is -0.424. The zero-order valence-corrected chi connectivity index (χ0v) is 9.77. The van der Waals surface area contributed by atoms with Gasteiger partial charge in [0, 0.05) is 10.6 Å². The predicted octanol–water partition coefficient (Wildman–Crippen LogP) is 3.84. The van der Waals surface area contributed by atoms with Crippen LogP contribution in [0.4, 0.5) is 4.39 Å². The van der Waals surface area contributed by atoms with Crippen molar-refractivity contribution >= 4 is 11.8 Å². The van der Waals surface area contributed by atoms with Crippen molar-refractivity contribution in [2.24, 2.45) is 5.92 Å². The summed E-state index contributed by atoms with van der Waals surface area (Å²) < 4.78 is 13.2. The average Bonchev–Trinajstić information content (AvgIpc) is 2.25. The monoisotopic (exact) mass is 223 g/mol. The lowest BCUT2D eigenvalue weighted by Gasteiger charge is -2.08. The molecular formula is C12H14FNS. The molecule has 1 rings (SSSR count). The summed E-state index contributed by atoms with van der Waals surface area (Å²) in [5, 5.41) is 8.82. The predicted molar refractivity (Wildman–Crippen MR) is 61.3 cm³/mol. The van der Waals surface area contributed by atoms with Gasteiger partial charge in [0.05, 0.1) is 0 Å². The van der Waals surface area contributed by atoms with Gasteiger partial charge in [0.1, 0.15) is 17.4 Å². The average molecular weight is 223 g/mol. The van der Waals surface area contributed by atoms with Crippen molar-refractivity contribution in [2.75, 3.05) is 5.75 Å². The minimum absolute atomic E-state index is 0.172. The van der Waals surface area contributed by atoms with Crippen LogP contribution in [-0.4, -0.2) is 5.75 Å². The molecule has 80 valence electrons. The second kappa shape index (κ2) is 5.77. The minimum Gasteiger partial charge on any atom is -0.206 e.